The van der Waals surface area contributed by atoms with Gasteiger partial charge in [-0.05, 0) is 6.07 Å². The number of carbonyl (C=O) groups excluding carboxylic acids is 1. The topological polar surface area (TPSA) is 54.9 Å². The van der Waals surface area contributed by atoms with Crippen molar-refractivity contribution < 1.29 is 4.79 Å². The van der Waals surface area contributed by atoms with Gasteiger partial charge in [-0.1, -0.05) is 13.8 Å². The van der Waals surface area contributed by atoms with E-state index in [2.05, 4.69) is 15.3 Å². The van der Waals surface area contributed by atoms with Crippen molar-refractivity contribution in [3.8, 4) is 0 Å². The first-order valence-corrected chi connectivity index (χ1v) is 3.77. The van der Waals surface area contributed by atoms with E-state index in [1.807, 2.05) is 13.8 Å². The number of rotatable bonds is 2. The third-order valence-corrected chi connectivity index (χ3v) is 1.36. The smallest absolute Gasteiger partial charge is 0.228 e. The Morgan fingerprint density at radius 2 is 2.33 bits per heavy atom. The first kappa shape index (κ1) is 8.64. The fourth-order valence-electron chi connectivity index (χ4n) is 0.635. The standard InChI is InChI=1S/C8H11N3O/c1-6(2)8(12)11-7-3-4-9-5-10-7/h3-6H,1-2H3,(H,9,10,11,12). The second-order valence-electron chi connectivity index (χ2n) is 2.74. The number of nitrogens with zero attached hydrogens (tertiary/aromatic N) is 2. The summed E-state index contributed by atoms with van der Waals surface area (Å²) >= 11 is 0. The van der Waals surface area contributed by atoms with Gasteiger partial charge in [0.15, 0.2) is 0 Å². The highest BCUT2D eigenvalue weighted by Gasteiger charge is 2.06. The second-order valence-corrected chi connectivity index (χ2v) is 2.74. The molecule has 0 radical (unpaired) electrons. The minimum Gasteiger partial charge on any atom is -0.310 e. The molecule has 0 fully saturated rings. The predicted octanol–water partition coefficient (Wildman–Crippen LogP) is 1.07. The van der Waals surface area contributed by atoms with E-state index < -0.39 is 0 Å². The van der Waals surface area contributed by atoms with Gasteiger partial charge < -0.3 is 5.32 Å². The first-order chi connectivity index (χ1) is 5.70. The van der Waals surface area contributed by atoms with Crippen molar-refractivity contribution in [3.63, 3.8) is 0 Å². The molecule has 0 aromatic carbocycles. The van der Waals surface area contributed by atoms with Crippen LogP contribution in [0.2, 0.25) is 0 Å². The predicted molar refractivity (Wildman–Crippen MR) is 45.5 cm³/mol. The van der Waals surface area contributed by atoms with Crippen LogP contribution in [0.3, 0.4) is 0 Å². The molecule has 12 heavy (non-hydrogen) atoms. The summed E-state index contributed by atoms with van der Waals surface area (Å²) in [6, 6.07) is 1.65. The summed E-state index contributed by atoms with van der Waals surface area (Å²) < 4.78 is 0. The molecule has 0 atom stereocenters. The van der Waals surface area contributed by atoms with Crippen LogP contribution in [-0.2, 0) is 4.79 Å². The van der Waals surface area contributed by atoms with Crippen molar-refractivity contribution in [2.75, 3.05) is 5.32 Å². The number of nitrogens with one attached hydrogen (secondary N) is 1. The zero-order valence-electron chi connectivity index (χ0n) is 7.11. The highest BCUT2D eigenvalue weighted by molar-refractivity contribution is 5.90. The summed E-state index contributed by atoms with van der Waals surface area (Å²) in [5, 5.41) is 2.65. The van der Waals surface area contributed by atoms with Gasteiger partial charge in [-0.15, -0.1) is 0 Å². The molecule has 0 unspecified atom stereocenters. The molecule has 0 saturated heterocycles. The van der Waals surface area contributed by atoms with Gasteiger partial charge in [0.1, 0.15) is 12.1 Å². The van der Waals surface area contributed by atoms with Gasteiger partial charge in [0.25, 0.3) is 0 Å². The van der Waals surface area contributed by atoms with Gasteiger partial charge in [0.05, 0.1) is 0 Å². The summed E-state index contributed by atoms with van der Waals surface area (Å²) in [4.78, 5) is 18.7. The Kier molecular flexibility index (Phi) is 2.74. The molecule has 4 nitrogen and oxygen atoms in total. The van der Waals surface area contributed by atoms with E-state index in [1.165, 1.54) is 6.33 Å². The molecule has 0 aliphatic carbocycles. The van der Waals surface area contributed by atoms with Crippen LogP contribution in [-0.4, -0.2) is 15.9 Å². The third-order valence-electron chi connectivity index (χ3n) is 1.36. The van der Waals surface area contributed by atoms with Gasteiger partial charge in [-0.2, -0.15) is 0 Å². The van der Waals surface area contributed by atoms with Crippen LogP contribution in [0, 0.1) is 5.92 Å². The van der Waals surface area contributed by atoms with Crippen LogP contribution in [0.5, 0.6) is 0 Å². The lowest BCUT2D eigenvalue weighted by molar-refractivity contribution is -0.118. The Balaban J connectivity index is 2.59. The molecule has 1 rings (SSSR count). The van der Waals surface area contributed by atoms with Crippen molar-refractivity contribution in [2.24, 2.45) is 5.92 Å². The number of hydrogen-bond acceptors (Lipinski definition) is 3. The molecule has 0 aliphatic rings. The maximum atomic E-state index is 11.1. The van der Waals surface area contributed by atoms with E-state index >= 15 is 0 Å². The third kappa shape index (κ3) is 2.30. The maximum absolute atomic E-state index is 11.1. The SMILES string of the molecule is CC(C)C(=O)Nc1ccncn1. The van der Waals surface area contributed by atoms with Crippen LogP contribution in [0.25, 0.3) is 0 Å². The molecule has 0 spiro atoms. The summed E-state index contributed by atoms with van der Waals surface area (Å²) in [5.41, 5.74) is 0. The summed E-state index contributed by atoms with van der Waals surface area (Å²) in [7, 11) is 0. The fraction of sp³-hybridized carbons (Fsp3) is 0.375. The van der Waals surface area contributed by atoms with Crippen LogP contribution in [0.4, 0.5) is 5.82 Å². The highest BCUT2D eigenvalue weighted by Crippen LogP contribution is 2.01. The van der Waals surface area contributed by atoms with Crippen molar-refractivity contribution in [1.29, 1.82) is 0 Å². The molecule has 1 aromatic rings. The first-order valence-electron chi connectivity index (χ1n) is 3.77. The molecule has 64 valence electrons. The molecule has 1 N–H and O–H groups in total. The Morgan fingerprint density at radius 3 is 2.83 bits per heavy atom. The number of hydrogen-bond donors (Lipinski definition) is 1. The van der Waals surface area contributed by atoms with Crippen LogP contribution >= 0.6 is 0 Å². The molecule has 0 aliphatic heterocycles. The zero-order chi connectivity index (χ0) is 8.97. The molecule has 0 bridgehead atoms. The number of carbonyl (C=O) groups is 1. The van der Waals surface area contributed by atoms with E-state index in [4.69, 9.17) is 0 Å². The van der Waals surface area contributed by atoms with E-state index in [9.17, 15) is 4.79 Å². The lowest BCUT2D eigenvalue weighted by Crippen LogP contribution is -2.18. The molecular weight excluding hydrogens is 154 g/mol. The largest absolute Gasteiger partial charge is 0.310 e. The van der Waals surface area contributed by atoms with Crippen molar-refractivity contribution in [3.05, 3.63) is 18.6 Å². The Morgan fingerprint density at radius 1 is 1.58 bits per heavy atom. The molecule has 1 amide bonds. The zero-order valence-corrected chi connectivity index (χ0v) is 7.11. The molecule has 4 heteroatoms. The van der Waals surface area contributed by atoms with E-state index in [0.29, 0.717) is 5.82 Å². The van der Waals surface area contributed by atoms with Crippen LogP contribution < -0.4 is 5.32 Å². The minimum absolute atomic E-state index is 0.0278. The van der Waals surface area contributed by atoms with Gasteiger partial charge in [-0.3, -0.25) is 4.79 Å². The number of aromatic nitrogens is 2. The van der Waals surface area contributed by atoms with Crippen LogP contribution in [0.1, 0.15) is 13.8 Å². The number of anilines is 1. The molecule has 1 aromatic heterocycles. The lowest BCUT2D eigenvalue weighted by Gasteiger charge is -2.05. The summed E-state index contributed by atoms with van der Waals surface area (Å²) in [5.74, 6) is 0.484. The van der Waals surface area contributed by atoms with Gasteiger partial charge in [0.2, 0.25) is 5.91 Å². The summed E-state index contributed by atoms with van der Waals surface area (Å²) in [6.45, 7) is 3.66. The van der Waals surface area contributed by atoms with E-state index in [-0.39, 0.29) is 11.8 Å². The van der Waals surface area contributed by atoms with Gasteiger partial charge in [-0.25, -0.2) is 9.97 Å². The summed E-state index contributed by atoms with van der Waals surface area (Å²) in [6.07, 6.45) is 2.98. The van der Waals surface area contributed by atoms with E-state index in [1.54, 1.807) is 12.3 Å². The number of amides is 1. The Hall–Kier alpha value is -1.45. The highest BCUT2D eigenvalue weighted by atomic mass is 16.1. The molecule has 0 saturated carbocycles. The lowest BCUT2D eigenvalue weighted by atomic mass is 10.2. The molecular formula is C8H11N3O. The Labute approximate surface area is 71.0 Å². The normalized spacial score (nSPS) is 9.92. The average molecular weight is 165 g/mol. The Bertz CT molecular complexity index is 258. The monoisotopic (exact) mass is 165 g/mol. The fourth-order valence-corrected chi connectivity index (χ4v) is 0.635. The maximum Gasteiger partial charge on any atom is 0.228 e. The van der Waals surface area contributed by atoms with Gasteiger partial charge in [0, 0.05) is 12.1 Å². The van der Waals surface area contributed by atoms with Crippen molar-refractivity contribution in [1.82, 2.24) is 9.97 Å². The quantitative estimate of drug-likeness (QED) is 0.713. The van der Waals surface area contributed by atoms with E-state index in [0.717, 1.165) is 0 Å². The van der Waals surface area contributed by atoms with Crippen molar-refractivity contribution >= 4 is 11.7 Å². The minimum atomic E-state index is -0.0336. The van der Waals surface area contributed by atoms with Gasteiger partial charge >= 0.3 is 0 Å². The molecule has 1 heterocycles. The van der Waals surface area contributed by atoms with Crippen LogP contribution in [0.15, 0.2) is 18.6 Å². The average Bonchev–Trinajstić information content (AvgIpc) is 2.06. The van der Waals surface area contributed by atoms with Crippen molar-refractivity contribution in [2.45, 2.75) is 13.8 Å². The second kappa shape index (κ2) is 3.80.